The minimum absolute atomic E-state index is 0.192. The first-order valence-electron chi connectivity index (χ1n) is 5.30. The van der Waals surface area contributed by atoms with Crippen LogP contribution in [0.15, 0.2) is 24.0 Å². The summed E-state index contributed by atoms with van der Waals surface area (Å²) >= 11 is 5.36. The van der Waals surface area contributed by atoms with Gasteiger partial charge in [0.25, 0.3) is 0 Å². The lowest BCUT2D eigenvalue weighted by molar-refractivity contribution is -0.113. The van der Waals surface area contributed by atoms with Gasteiger partial charge in [0.2, 0.25) is 5.24 Å². The topological polar surface area (TPSA) is 35.5 Å². The molecule has 1 aliphatic rings. The van der Waals surface area contributed by atoms with E-state index in [1.54, 1.807) is 7.11 Å². The minimum atomic E-state index is -0.586. The van der Waals surface area contributed by atoms with Crippen LogP contribution >= 0.6 is 11.6 Å². The Balaban J connectivity index is 2.74. The van der Waals surface area contributed by atoms with Crippen LogP contribution in [0.3, 0.4) is 0 Å². The molecular formula is C13H15ClO3. The van der Waals surface area contributed by atoms with Crippen LogP contribution in [-0.2, 0) is 14.3 Å². The Morgan fingerprint density at radius 1 is 1.71 bits per heavy atom. The summed E-state index contributed by atoms with van der Waals surface area (Å²) in [6.45, 7) is 0.192. The highest BCUT2D eigenvalue weighted by Gasteiger charge is 2.31. The Labute approximate surface area is 106 Å². The molecule has 1 aliphatic carbocycles. The summed E-state index contributed by atoms with van der Waals surface area (Å²) in [4.78, 5) is 10.9. The smallest absolute Gasteiger partial charge is 0.221 e. The fourth-order valence-electron chi connectivity index (χ4n) is 1.72. The summed E-state index contributed by atoms with van der Waals surface area (Å²) < 4.78 is 10.8. The van der Waals surface area contributed by atoms with E-state index in [9.17, 15) is 4.79 Å². The Morgan fingerprint density at radius 2 is 2.47 bits per heavy atom. The number of carbonyl (C=O) groups is 1. The van der Waals surface area contributed by atoms with Crippen LogP contribution in [0, 0.1) is 12.3 Å². The third-order valence-corrected chi connectivity index (χ3v) is 2.79. The van der Waals surface area contributed by atoms with E-state index in [-0.39, 0.29) is 18.3 Å². The molecule has 4 heteroatoms. The van der Waals surface area contributed by atoms with Crippen molar-refractivity contribution in [3.05, 3.63) is 24.0 Å². The van der Waals surface area contributed by atoms with Crippen molar-refractivity contribution in [3.63, 3.8) is 0 Å². The fourth-order valence-corrected chi connectivity index (χ4v) is 1.82. The lowest BCUT2D eigenvalue weighted by Crippen LogP contribution is -2.33. The van der Waals surface area contributed by atoms with Crippen LogP contribution in [0.2, 0.25) is 0 Å². The lowest BCUT2D eigenvalue weighted by Gasteiger charge is -2.32. The average molecular weight is 255 g/mol. The van der Waals surface area contributed by atoms with Crippen molar-refractivity contribution in [1.29, 1.82) is 0 Å². The predicted octanol–water partition coefficient (Wildman–Crippen LogP) is 2.41. The molecule has 92 valence electrons. The first-order valence-corrected chi connectivity index (χ1v) is 5.68. The molecule has 0 aromatic heterocycles. The Kier molecular flexibility index (Phi) is 5.27. The summed E-state index contributed by atoms with van der Waals surface area (Å²) in [6.07, 6.45) is 12.1. The summed E-state index contributed by atoms with van der Waals surface area (Å²) in [6, 6.07) is 0. The van der Waals surface area contributed by atoms with Gasteiger partial charge < -0.3 is 9.47 Å². The molecule has 0 fully saturated rings. The van der Waals surface area contributed by atoms with Crippen LogP contribution in [0.5, 0.6) is 0 Å². The first-order chi connectivity index (χ1) is 8.12. The molecule has 0 aliphatic heterocycles. The molecule has 0 heterocycles. The van der Waals surface area contributed by atoms with Gasteiger partial charge in [0.1, 0.15) is 6.61 Å². The average Bonchev–Trinajstić information content (AvgIpc) is 2.34. The Morgan fingerprint density at radius 3 is 3.06 bits per heavy atom. The van der Waals surface area contributed by atoms with Gasteiger partial charge >= 0.3 is 0 Å². The molecule has 0 N–H and O–H groups in total. The molecule has 1 rings (SSSR count). The number of allylic oxidation sites excluding steroid dienone is 2. The normalized spacial score (nSPS) is 22.8. The van der Waals surface area contributed by atoms with E-state index in [4.69, 9.17) is 27.5 Å². The molecule has 3 nitrogen and oxygen atoms in total. The number of methoxy groups -OCH3 is 1. The van der Waals surface area contributed by atoms with Crippen molar-refractivity contribution in [2.75, 3.05) is 13.7 Å². The summed E-state index contributed by atoms with van der Waals surface area (Å²) in [5, 5.41) is -0.379. The molecule has 0 radical (unpaired) electrons. The number of ether oxygens (including phenoxy) is 2. The number of halogens is 1. The van der Waals surface area contributed by atoms with E-state index in [0.717, 1.165) is 5.76 Å². The molecule has 0 aromatic carbocycles. The second-order valence-corrected chi connectivity index (χ2v) is 4.21. The molecule has 0 saturated carbocycles. The van der Waals surface area contributed by atoms with Crippen LogP contribution in [0.1, 0.15) is 19.3 Å². The van der Waals surface area contributed by atoms with Crippen molar-refractivity contribution in [1.82, 2.24) is 0 Å². The van der Waals surface area contributed by atoms with Crippen LogP contribution in [0.4, 0.5) is 0 Å². The van der Waals surface area contributed by atoms with Gasteiger partial charge in [-0.1, -0.05) is 18.1 Å². The zero-order valence-corrected chi connectivity index (χ0v) is 10.5. The van der Waals surface area contributed by atoms with E-state index >= 15 is 0 Å². The van der Waals surface area contributed by atoms with E-state index in [0.29, 0.717) is 12.8 Å². The maximum absolute atomic E-state index is 10.9. The Hall–Kier alpha value is -1.24. The highest BCUT2D eigenvalue weighted by atomic mass is 35.5. The van der Waals surface area contributed by atoms with Crippen molar-refractivity contribution >= 4 is 16.8 Å². The van der Waals surface area contributed by atoms with Gasteiger partial charge in [-0.25, -0.2) is 0 Å². The molecule has 1 atom stereocenters. The van der Waals surface area contributed by atoms with Gasteiger partial charge in [-0.3, -0.25) is 4.79 Å². The van der Waals surface area contributed by atoms with E-state index in [2.05, 4.69) is 5.92 Å². The SMILES string of the molecule is C#CCOC1(CCC(=O)Cl)C=CC=C(OC)C1. The first kappa shape index (κ1) is 13.8. The van der Waals surface area contributed by atoms with Gasteiger partial charge in [-0.05, 0) is 24.1 Å². The molecule has 0 saturated heterocycles. The van der Waals surface area contributed by atoms with Gasteiger partial charge in [0.05, 0.1) is 18.5 Å². The molecule has 0 bridgehead atoms. The standard InChI is InChI=1S/C13H15ClO3/c1-3-9-17-13(8-6-12(14)15)7-4-5-11(10-13)16-2/h1,4-5,7H,6,8-10H2,2H3. The van der Waals surface area contributed by atoms with E-state index in [1.165, 1.54) is 0 Å². The second-order valence-electron chi connectivity index (χ2n) is 3.79. The summed E-state index contributed by atoms with van der Waals surface area (Å²) in [5.74, 6) is 3.22. The maximum atomic E-state index is 10.9. The van der Waals surface area contributed by atoms with Gasteiger partial charge in [0.15, 0.2) is 0 Å². The van der Waals surface area contributed by atoms with Gasteiger partial charge in [0, 0.05) is 12.8 Å². The number of carbonyl (C=O) groups excluding carboxylic acids is 1. The highest BCUT2D eigenvalue weighted by Crippen LogP contribution is 2.31. The molecule has 0 amide bonds. The Bertz CT molecular complexity index is 379. The van der Waals surface area contributed by atoms with Crippen molar-refractivity contribution in [3.8, 4) is 12.3 Å². The van der Waals surface area contributed by atoms with Crippen molar-refractivity contribution in [2.45, 2.75) is 24.9 Å². The van der Waals surface area contributed by atoms with Crippen molar-refractivity contribution < 1.29 is 14.3 Å². The van der Waals surface area contributed by atoms with Gasteiger partial charge in [-0.15, -0.1) is 6.42 Å². The zero-order valence-electron chi connectivity index (χ0n) is 9.74. The monoisotopic (exact) mass is 254 g/mol. The predicted molar refractivity (Wildman–Crippen MR) is 66.5 cm³/mol. The number of hydrogen-bond acceptors (Lipinski definition) is 3. The van der Waals surface area contributed by atoms with E-state index < -0.39 is 5.60 Å². The highest BCUT2D eigenvalue weighted by molar-refractivity contribution is 6.63. The van der Waals surface area contributed by atoms with E-state index in [1.807, 2.05) is 18.2 Å². The molecule has 1 unspecified atom stereocenters. The van der Waals surface area contributed by atoms with Crippen molar-refractivity contribution in [2.24, 2.45) is 0 Å². The number of rotatable bonds is 6. The van der Waals surface area contributed by atoms with Gasteiger partial charge in [-0.2, -0.15) is 0 Å². The van der Waals surface area contributed by atoms with Crippen LogP contribution in [0.25, 0.3) is 0 Å². The third kappa shape index (κ3) is 4.26. The number of terminal acetylenes is 1. The largest absolute Gasteiger partial charge is 0.501 e. The molecule has 0 aromatic rings. The summed E-state index contributed by atoms with van der Waals surface area (Å²) in [7, 11) is 1.60. The van der Waals surface area contributed by atoms with Crippen LogP contribution in [-0.4, -0.2) is 24.6 Å². The second kappa shape index (κ2) is 6.48. The third-order valence-electron chi connectivity index (χ3n) is 2.61. The minimum Gasteiger partial charge on any atom is -0.501 e. The van der Waals surface area contributed by atoms with Crippen LogP contribution < -0.4 is 0 Å². The summed E-state index contributed by atoms with van der Waals surface area (Å²) in [5.41, 5.74) is -0.586. The molecule has 0 spiro atoms. The quantitative estimate of drug-likeness (QED) is 0.539. The maximum Gasteiger partial charge on any atom is 0.221 e. The fraction of sp³-hybridized carbons (Fsp3) is 0.462. The lowest BCUT2D eigenvalue weighted by atomic mass is 9.89. The zero-order chi connectivity index (χ0) is 12.7. The molecule has 17 heavy (non-hydrogen) atoms. The molecular weight excluding hydrogens is 240 g/mol. The number of hydrogen-bond donors (Lipinski definition) is 0.